The zero-order valence-electron chi connectivity index (χ0n) is 15.4. The molecule has 0 bridgehead atoms. The standard InChI is InChI=1S/C23H29N/c1-15(2)17-5-7-19-20-8-6-18(16(3)4)14-22(20)23(21(19)13-17)9-11-24-12-10-23/h5-8,13-16,24H,9-12H2,1-4H3. The molecule has 0 unspecified atom stereocenters. The highest BCUT2D eigenvalue weighted by Gasteiger charge is 2.44. The average Bonchev–Trinajstić information content (AvgIpc) is 2.85. The first-order chi connectivity index (χ1) is 11.5. The lowest BCUT2D eigenvalue weighted by Crippen LogP contribution is -2.39. The maximum atomic E-state index is 3.57. The average molecular weight is 319 g/mol. The number of benzene rings is 2. The molecule has 4 rings (SSSR count). The Bertz CT molecular complexity index is 704. The van der Waals surface area contributed by atoms with Crippen LogP contribution in [0.4, 0.5) is 0 Å². The van der Waals surface area contributed by atoms with E-state index in [-0.39, 0.29) is 5.41 Å². The van der Waals surface area contributed by atoms with Crippen molar-refractivity contribution in [2.45, 2.75) is 57.8 Å². The van der Waals surface area contributed by atoms with Crippen LogP contribution in [0.2, 0.25) is 0 Å². The summed E-state index contributed by atoms with van der Waals surface area (Å²) in [5.41, 5.74) is 9.31. The molecule has 126 valence electrons. The molecule has 1 saturated heterocycles. The van der Waals surface area contributed by atoms with Gasteiger partial charge in [0.25, 0.3) is 0 Å². The highest BCUT2D eigenvalue weighted by molar-refractivity contribution is 5.82. The monoisotopic (exact) mass is 319 g/mol. The Morgan fingerprint density at radius 1 is 0.750 bits per heavy atom. The van der Waals surface area contributed by atoms with E-state index in [9.17, 15) is 0 Å². The normalized spacial score (nSPS) is 18.2. The lowest BCUT2D eigenvalue weighted by Gasteiger charge is -2.37. The first-order valence-corrected chi connectivity index (χ1v) is 9.53. The number of hydrogen-bond acceptors (Lipinski definition) is 1. The molecule has 0 saturated carbocycles. The third-order valence-electron chi connectivity index (χ3n) is 6.20. The summed E-state index contributed by atoms with van der Waals surface area (Å²) in [4.78, 5) is 0. The van der Waals surface area contributed by atoms with E-state index >= 15 is 0 Å². The molecular formula is C23H29N. The smallest absolute Gasteiger partial charge is 0.0239 e. The summed E-state index contributed by atoms with van der Waals surface area (Å²) >= 11 is 0. The Labute approximate surface area is 146 Å². The molecule has 0 atom stereocenters. The van der Waals surface area contributed by atoms with Crippen LogP contribution in [0.15, 0.2) is 36.4 Å². The van der Waals surface area contributed by atoms with Gasteiger partial charge >= 0.3 is 0 Å². The molecule has 2 aromatic rings. The molecule has 24 heavy (non-hydrogen) atoms. The molecule has 1 aliphatic carbocycles. The van der Waals surface area contributed by atoms with Gasteiger partial charge in [-0.05, 0) is 71.1 Å². The summed E-state index contributed by atoms with van der Waals surface area (Å²) < 4.78 is 0. The Morgan fingerprint density at radius 3 is 1.62 bits per heavy atom. The highest BCUT2D eigenvalue weighted by atomic mass is 14.9. The zero-order chi connectivity index (χ0) is 16.9. The van der Waals surface area contributed by atoms with Crippen LogP contribution in [0.5, 0.6) is 0 Å². The minimum Gasteiger partial charge on any atom is -0.317 e. The van der Waals surface area contributed by atoms with Crippen LogP contribution in [0.3, 0.4) is 0 Å². The fourth-order valence-electron chi connectivity index (χ4n) is 4.64. The van der Waals surface area contributed by atoms with Gasteiger partial charge in [0.05, 0.1) is 0 Å². The number of nitrogens with one attached hydrogen (secondary N) is 1. The summed E-state index contributed by atoms with van der Waals surface area (Å²) in [6.07, 6.45) is 2.44. The predicted molar refractivity (Wildman–Crippen MR) is 103 cm³/mol. The number of rotatable bonds is 2. The van der Waals surface area contributed by atoms with Gasteiger partial charge in [0.15, 0.2) is 0 Å². The number of piperidine rings is 1. The van der Waals surface area contributed by atoms with Crippen molar-refractivity contribution in [3.05, 3.63) is 58.7 Å². The van der Waals surface area contributed by atoms with Crippen molar-refractivity contribution in [2.75, 3.05) is 13.1 Å². The van der Waals surface area contributed by atoms with Gasteiger partial charge in [-0.15, -0.1) is 0 Å². The molecular weight excluding hydrogens is 290 g/mol. The van der Waals surface area contributed by atoms with Gasteiger partial charge in [-0.25, -0.2) is 0 Å². The number of fused-ring (bicyclic) bond motifs is 5. The van der Waals surface area contributed by atoms with Crippen molar-refractivity contribution in [2.24, 2.45) is 0 Å². The molecule has 1 fully saturated rings. The fourth-order valence-corrected chi connectivity index (χ4v) is 4.64. The van der Waals surface area contributed by atoms with E-state index in [0.717, 1.165) is 13.1 Å². The molecule has 1 spiro atoms. The van der Waals surface area contributed by atoms with Crippen molar-refractivity contribution in [3.8, 4) is 11.1 Å². The largest absolute Gasteiger partial charge is 0.317 e. The van der Waals surface area contributed by atoms with Gasteiger partial charge in [-0.1, -0.05) is 64.1 Å². The SMILES string of the molecule is CC(C)c1ccc2c(c1)C1(CCNCC1)c1cc(C(C)C)ccc1-2. The van der Waals surface area contributed by atoms with E-state index in [1.807, 2.05) is 0 Å². The molecule has 1 aliphatic heterocycles. The fraction of sp³-hybridized carbons (Fsp3) is 0.478. The van der Waals surface area contributed by atoms with Gasteiger partial charge in [-0.2, -0.15) is 0 Å². The molecule has 0 aromatic heterocycles. The third kappa shape index (κ3) is 2.25. The third-order valence-corrected chi connectivity index (χ3v) is 6.20. The maximum absolute atomic E-state index is 3.57. The molecule has 1 heterocycles. The molecule has 2 aliphatic rings. The van der Waals surface area contributed by atoms with Gasteiger partial charge in [0.2, 0.25) is 0 Å². The topological polar surface area (TPSA) is 12.0 Å². The predicted octanol–water partition coefficient (Wildman–Crippen LogP) is 5.58. The second-order valence-electron chi connectivity index (χ2n) is 8.25. The molecule has 0 radical (unpaired) electrons. The van der Waals surface area contributed by atoms with Crippen LogP contribution in [-0.4, -0.2) is 13.1 Å². The van der Waals surface area contributed by atoms with Crippen molar-refractivity contribution < 1.29 is 0 Å². The van der Waals surface area contributed by atoms with E-state index in [4.69, 9.17) is 0 Å². The van der Waals surface area contributed by atoms with Crippen LogP contribution in [0, 0.1) is 0 Å². The Balaban J connectivity index is 1.95. The van der Waals surface area contributed by atoms with Gasteiger partial charge in [0, 0.05) is 5.41 Å². The van der Waals surface area contributed by atoms with E-state index in [2.05, 4.69) is 69.4 Å². The zero-order valence-corrected chi connectivity index (χ0v) is 15.4. The Kier molecular flexibility index (Phi) is 3.80. The summed E-state index contributed by atoms with van der Waals surface area (Å²) in [7, 11) is 0. The highest BCUT2D eigenvalue weighted by Crippen LogP contribution is 2.54. The summed E-state index contributed by atoms with van der Waals surface area (Å²) in [6, 6.07) is 14.5. The second kappa shape index (κ2) is 5.74. The Hall–Kier alpha value is -1.60. The van der Waals surface area contributed by atoms with Crippen molar-refractivity contribution in [3.63, 3.8) is 0 Å². The summed E-state index contributed by atoms with van der Waals surface area (Å²) in [6.45, 7) is 11.4. The van der Waals surface area contributed by atoms with Gasteiger partial charge in [0.1, 0.15) is 0 Å². The van der Waals surface area contributed by atoms with E-state index in [1.54, 1.807) is 11.1 Å². The molecule has 2 aromatic carbocycles. The minimum absolute atomic E-state index is 0.228. The van der Waals surface area contributed by atoms with Crippen molar-refractivity contribution in [1.29, 1.82) is 0 Å². The van der Waals surface area contributed by atoms with Crippen LogP contribution in [0.25, 0.3) is 11.1 Å². The quantitative estimate of drug-likeness (QED) is 0.761. The lowest BCUT2D eigenvalue weighted by molar-refractivity contribution is 0.368. The molecule has 1 N–H and O–H groups in total. The molecule has 0 amide bonds. The molecule has 1 heteroatoms. The van der Waals surface area contributed by atoms with Crippen LogP contribution in [-0.2, 0) is 5.41 Å². The van der Waals surface area contributed by atoms with Crippen molar-refractivity contribution in [1.82, 2.24) is 5.32 Å². The van der Waals surface area contributed by atoms with Crippen LogP contribution >= 0.6 is 0 Å². The minimum atomic E-state index is 0.228. The Morgan fingerprint density at radius 2 is 1.21 bits per heavy atom. The number of hydrogen-bond donors (Lipinski definition) is 1. The molecule has 1 nitrogen and oxygen atoms in total. The van der Waals surface area contributed by atoms with Crippen LogP contribution < -0.4 is 5.32 Å². The van der Waals surface area contributed by atoms with Gasteiger partial charge < -0.3 is 5.32 Å². The second-order valence-corrected chi connectivity index (χ2v) is 8.25. The summed E-state index contributed by atoms with van der Waals surface area (Å²) in [5, 5.41) is 3.57. The van der Waals surface area contributed by atoms with Crippen molar-refractivity contribution >= 4 is 0 Å². The first-order valence-electron chi connectivity index (χ1n) is 9.53. The van der Waals surface area contributed by atoms with E-state index in [1.165, 1.54) is 35.1 Å². The van der Waals surface area contributed by atoms with E-state index in [0.29, 0.717) is 11.8 Å². The maximum Gasteiger partial charge on any atom is 0.0239 e. The first kappa shape index (κ1) is 15.9. The summed E-state index contributed by atoms with van der Waals surface area (Å²) in [5.74, 6) is 1.17. The van der Waals surface area contributed by atoms with Crippen LogP contribution in [0.1, 0.15) is 74.6 Å². The van der Waals surface area contributed by atoms with E-state index < -0.39 is 0 Å². The lowest BCUT2D eigenvalue weighted by atomic mass is 9.70. The van der Waals surface area contributed by atoms with Gasteiger partial charge in [-0.3, -0.25) is 0 Å².